The number of H-pyrrole nitrogens is 1. The Morgan fingerprint density at radius 3 is 1.82 bits per heavy atom. The van der Waals surface area contributed by atoms with Crippen molar-refractivity contribution in [1.29, 1.82) is 0 Å². The lowest BCUT2D eigenvalue weighted by molar-refractivity contribution is 0.646. The van der Waals surface area contributed by atoms with E-state index in [1.165, 1.54) is 55.9 Å². The summed E-state index contributed by atoms with van der Waals surface area (Å²) in [5.74, 6) is 0. The molecule has 1 nitrogen and oxygen atoms in total. The monoisotopic (exact) mass is 363 g/mol. The van der Waals surface area contributed by atoms with E-state index in [0.717, 1.165) is 0 Å². The Kier molecular flexibility index (Phi) is 3.64. The molecule has 0 saturated heterocycles. The van der Waals surface area contributed by atoms with Crippen LogP contribution in [0.15, 0.2) is 72.8 Å². The van der Waals surface area contributed by atoms with Gasteiger partial charge < -0.3 is 4.98 Å². The Labute approximate surface area is 167 Å². The van der Waals surface area contributed by atoms with E-state index in [1.807, 2.05) is 0 Å². The molecule has 1 aliphatic rings. The molecule has 0 amide bonds. The van der Waals surface area contributed by atoms with Gasteiger partial charge in [0, 0.05) is 27.8 Å². The van der Waals surface area contributed by atoms with Crippen molar-refractivity contribution in [3.05, 3.63) is 95.1 Å². The minimum absolute atomic E-state index is 0.0533. The fourth-order valence-electron chi connectivity index (χ4n) is 4.89. The molecule has 0 bridgehead atoms. The first-order chi connectivity index (χ1) is 13.5. The maximum atomic E-state index is 3.83. The predicted molar refractivity (Wildman–Crippen MR) is 119 cm³/mol. The van der Waals surface area contributed by atoms with Crippen LogP contribution in [0.2, 0.25) is 0 Å². The van der Waals surface area contributed by atoms with E-state index in [9.17, 15) is 0 Å². The average Bonchev–Trinajstić information content (AvgIpc) is 3.01. The molecule has 1 heterocycles. The minimum Gasteiger partial charge on any atom is -0.354 e. The number of fused-ring (bicyclic) bond motifs is 5. The molecule has 0 aliphatic heterocycles. The second-order valence-electron chi connectivity index (χ2n) is 8.41. The molecule has 0 spiro atoms. The zero-order valence-corrected chi connectivity index (χ0v) is 16.9. The van der Waals surface area contributed by atoms with E-state index >= 15 is 0 Å². The number of hydrogen-bond donors (Lipinski definition) is 1. The quantitative estimate of drug-likeness (QED) is 0.366. The summed E-state index contributed by atoms with van der Waals surface area (Å²) in [5.41, 5.74) is 13.1. The SMILES string of the molecule is Cc1ccccc1-c1[nH]c2c(c1C)-c1ccccc1C(C)(C)c1ccccc1-2. The number of nitrogens with one attached hydrogen (secondary N) is 1. The van der Waals surface area contributed by atoms with Crippen molar-refractivity contribution in [3.8, 4) is 33.6 Å². The van der Waals surface area contributed by atoms with Crippen molar-refractivity contribution < 1.29 is 0 Å². The van der Waals surface area contributed by atoms with Gasteiger partial charge in [-0.25, -0.2) is 0 Å². The van der Waals surface area contributed by atoms with Crippen LogP contribution in [0.3, 0.4) is 0 Å². The van der Waals surface area contributed by atoms with E-state index < -0.39 is 0 Å². The molecule has 0 fully saturated rings. The summed E-state index contributed by atoms with van der Waals surface area (Å²) >= 11 is 0. The Hall–Kier alpha value is -3.06. The summed E-state index contributed by atoms with van der Waals surface area (Å²) < 4.78 is 0. The Bertz CT molecular complexity index is 1210. The van der Waals surface area contributed by atoms with Crippen LogP contribution in [0.1, 0.15) is 36.1 Å². The van der Waals surface area contributed by atoms with Crippen molar-refractivity contribution >= 4 is 0 Å². The van der Waals surface area contributed by atoms with Gasteiger partial charge in [-0.15, -0.1) is 0 Å². The molecule has 138 valence electrons. The molecule has 1 aliphatic carbocycles. The summed E-state index contributed by atoms with van der Waals surface area (Å²) in [6, 6.07) is 26.4. The Morgan fingerprint density at radius 2 is 1.14 bits per heavy atom. The predicted octanol–water partition coefficient (Wildman–Crippen LogP) is 7.27. The topological polar surface area (TPSA) is 15.8 Å². The number of aromatic nitrogens is 1. The molecule has 0 unspecified atom stereocenters. The molecule has 0 radical (unpaired) electrons. The maximum absolute atomic E-state index is 3.83. The Balaban J connectivity index is 1.92. The van der Waals surface area contributed by atoms with E-state index in [4.69, 9.17) is 0 Å². The van der Waals surface area contributed by atoms with Crippen LogP contribution in [-0.4, -0.2) is 4.98 Å². The molecule has 4 aromatic rings. The second kappa shape index (κ2) is 5.97. The minimum atomic E-state index is -0.0533. The van der Waals surface area contributed by atoms with E-state index in [0.29, 0.717) is 0 Å². The molecule has 1 heteroatoms. The van der Waals surface area contributed by atoms with Gasteiger partial charge >= 0.3 is 0 Å². The van der Waals surface area contributed by atoms with Crippen LogP contribution >= 0.6 is 0 Å². The summed E-state index contributed by atoms with van der Waals surface area (Å²) in [4.78, 5) is 3.83. The van der Waals surface area contributed by atoms with Crippen molar-refractivity contribution in [1.82, 2.24) is 4.98 Å². The maximum Gasteiger partial charge on any atom is 0.0544 e. The van der Waals surface area contributed by atoms with Crippen LogP contribution < -0.4 is 0 Å². The van der Waals surface area contributed by atoms with E-state index in [1.54, 1.807) is 0 Å². The summed E-state index contributed by atoms with van der Waals surface area (Å²) in [6.07, 6.45) is 0. The van der Waals surface area contributed by atoms with Gasteiger partial charge in [0.2, 0.25) is 0 Å². The smallest absolute Gasteiger partial charge is 0.0544 e. The molecular weight excluding hydrogens is 338 g/mol. The molecule has 3 aromatic carbocycles. The highest BCUT2D eigenvalue weighted by atomic mass is 14.8. The lowest BCUT2D eigenvalue weighted by Gasteiger charge is -2.28. The van der Waals surface area contributed by atoms with Gasteiger partial charge in [0.25, 0.3) is 0 Å². The normalized spacial score (nSPS) is 14.0. The number of benzene rings is 3. The van der Waals surface area contributed by atoms with Crippen molar-refractivity contribution in [3.63, 3.8) is 0 Å². The summed E-state index contributed by atoms with van der Waals surface area (Å²) in [5, 5.41) is 0. The van der Waals surface area contributed by atoms with Gasteiger partial charge in [-0.3, -0.25) is 0 Å². The molecule has 0 saturated carbocycles. The van der Waals surface area contributed by atoms with Crippen LogP contribution in [-0.2, 0) is 5.41 Å². The standard InChI is InChI=1S/C27H25N/c1-17-11-5-6-12-19(17)25-18(2)24-20-13-7-9-15-22(20)27(3,4)23-16-10-8-14-21(23)26(24)28-25/h5-16,28H,1-4H3. The number of hydrogen-bond acceptors (Lipinski definition) is 0. The Morgan fingerprint density at radius 1 is 0.607 bits per heavy atom. The first-order valence-electron chi connectivity index (χ1n) is 9.98. The van der Waals surface area contributed by atoms with Gasteiger partial charge in [-0.05, 0) is 41.7 Å². The van der Waals surface area contributed by atoms with Gasteiger partial charge in [0.05, 0.1) is 5.69 Å². The first-order valence-corrected chi connectivity index (χ1v) is 9.98. The first kappa shape index (κ1) is 17.1. The lowest BCUT2D eigenvalue weighted by atomic mass is 9.75. The molecule has 28 heavy (non-hydrogen) atoms. The number of aryl methyl sites for hydroxylation is 1. The van der Waals surface area contributed by atoms with Crippen molar-refractivity contribution in [2.45, 2.75) is 33.1 Å². The van der Waals surface area contributed by atoms with Crippen LogP contribution in [0.4, 0.5) is 0 Å². The number of aromatic amines is 1. The molecule has 0 atom stereocenters. The second-order valence-corrected chi connectivity index (χ2v) is 8.41. The molecule has 1 N–H and O–H groups in total. The van der Waals surface area contributed by atoms with Gasteiger partial charge in [-0.1, -0.05) is 86.6 Å². The molecular formula is C27H25N. The highest BCUT2D eigenvalue weighted by Gasteiger charge is 2.34. The third-order valence-corrected chi connectivity index (χ3v) is 6.40. The van der Waals surface area contributed by atoms with Crippen molar-refractivity contribution in [2.75, 3.05) is 0 Å². The van der Waals surface area contributed by atoms with Crippen LogP contribution in [0.5, 0.6) is 0 Å². The molecule has 1 aromatic heterocycles. The van der Waals surface area contributed by atoms with Crippen LogP contribution in [0, 0.1) is 13.8 Å². The third-order valence-electron chi connectivity index (χ3n) is 6.40. The fraction of sp³-hybridized carbons (Fsp3) is 0.185. The number of rotatable bonds is 1. The van der Waals surface area contributed by atoms with Crippen molar-refractivity contribution in [2.24, 2.45) is 0 Å². The zero-order valence-electron chi connectivity index (χ0n) is 16.9. The van der Waals surface area contributed by atoms with Gasteiger partial charge in [0.15, 0.2) is 0 Å². The largest absolute Gasteiger partial charge is 0.354 e. The van der Waals surface area contributed by atoms with E-state index in [2.05, 4.69) is 105 Å². The summed E-state index contributed by atoms with van der Waals surface area (Å²) in [7, 11) is 0. The fourth-order valence-corrected chi connectivity index (χ4v) is 4.89. The molecule has 5 rings (SSSR count). The highest BCUT2D eigenvalue weighted by molar-refractivity contribution is 5.94. The summed E-state index contributed by atoms with van der Waals surface area (Å²) in [6.45, 7) is 9.13. The lowest BCUT2D eigenvalue weighted by Crippen LogP contribution is -2.19. The van der Waals surface area contributed by atoms with E-state index in [-0.39, 0.29) is 5.41 Å². The van der Waals surface area contributed by atoms with Gasteiger partial charge in [-0.2, -0.15) is 0 Å². The zero-order chi connectivity index (χ0) is 19.5. The third kappa shape index (κ3) is 2.26. The highest BCUT2D eigenvalue weighted by Crippen LogP contribution is 2.50. The van der Waals surface area contributed by atoms with Gasteiger partial charge in [0.1, 0.15) is 0 Å². The average molecular weight is 364 g/mol. The van der Waals surface area contributed by atoms with Crippen LogP contribution in [0.25, 0.3) is 33.6 Å².